The first-order valence-corrected chi connectivity index (χ1v) is 7.28. The van der Waals surface area contributed by atoms with Crippen LogP contribution in [0, 0.1) is 0 Å². The van der Waals surface area contributed by atoms with E-state index in [4.69, 9.17) is 9.47 Å². The third-order valence-electron chi connectivity index (χ3n) is 2.82. The molecule has 6 nitrogen and oxygen atoms in total. The van der Waals surface area contributed by atoms with Gasteiger partial charge in [0.05, 0.1) is 32.4 Å². The summed E-state index contributed by atoms with van der Waals surface area (Å²) in [6.07, 6.45) is -0.862. The lowest BCUT2D eigenvalue weighted by Gasteiger charge is -2.27. The molecule has 0 saturated carbocycles. The summed E-state index contributed by atoms with van der Waals surface area (Å²) in [5.41, 5.74) is -0.578. The van der Waals surface area contributed by atoms with Gasteiger partial charge in [-0.25, -0.2) is 9.59 Å². The Morgan fingerprint density at radius 2 is 2.05 bits per heavy atom. The van der Waals surface area contributed by atoms with Gasteiger partial charge in [-0.1, -0.05) is 0 Å². The van der Waals surface area contributed by atoms with Crippen molar-refractivity contribution in [2.75, 3.05) is 26.3 Å². The van der Waals surface area contributed by atoms with Crippen LogP contribution in [0.1, 0.15) is 34.6 Å². The van der Waals surface area contributed by atoms with E-state index >= 15 is 0 Å². The Bertz CT molecular complexity index is 455. The van der Waals surface area contributed by atoms with E-state index in [-0.39, 0.29) is 38.0 Å². The molecular formula is C15H24FNO5. The van der Waals surface area contributed by atoms with Gasteiger partial charge in [0.2, 0.25) is 5.83 Å². The fraction of sp³-hybridized carbons (Fsp3) is 0.733. The van der Waals surface area contributed by atoms with Gasteiger partial charge in [0.15, 0.2) is 0 Å². The van der Waals surface area contributed by atoms with Crippen LogP contribution in [-0.2, 0) is 19.0 Å². The molecule has 1 aliphatic rings. The quantitative estimate of drug-likeness (QED) is 0.578. The molecule has 1 atom stereocenters. The minimum absolute atomic E-state index is 0.0644. The highest BCUT2D eigenvalue weighted by atomic mass is 19.1. The van der Waals surface area contributed by atoms with Gasteiger partial charge < -0.3 is 19.1 Å². The largest absolute Gasteiger partial charge is 0.461 e. The second kappa shape index (κ2) is 7.58. The number of halogens is 1. The molecule has 0 unspecified atom stereocenters. The number of carbonyl (C=O) groups is 2. The van der Waals surface area contributed by atoms with Crippen LogP contribution in [0.25, 0.3) is 0 Å². The molecule has 1 saturated heterocycles. The first-order chi connectivity index (χ1) is 10.1. The van der Waals surface area contributed by atoms with Crippen LogP contribution in [0.3, 0.4) is 0 Å². The number of ether oxygens (including phenoxy) is 3. The number of hydrogen-bond donors (Lipinski definition) is 0. The topological polar surface area (TPSA) is 65.1 Å². The minimum Gasteiger partial charge on any atom is -0.461 e. The van der Waals surface area contributed by atoms with Gasteiger partial charge in [0.1, 0.15) is 5.60 Å². The molecule has 126 valence electrons. The molecule has 0 aromatic carbocycles. The van der Waals surface area contributed by atoms with Crippen LogP contribution in [-0.4, -0.2) is 55.0 Å². The summed E-state index contributed by atoms with van der Waals surface area (Å²) < 4.78 is 29.4. The summed E-state index contributed by atoms with van der Waals surface area (Å²) in [7, 11) is 0. The van der Waals surface area contributed by atoms with E-state index in [1.54, 1.807) is 34.6 Å². The minimum atomic E-state index is -1.04. The zero-order chi connectivity index (χ0) is 16.9. The maximum absolute atomic E-state index is 14.1. The van der Waals surface area contributed by atoms with Crippen LogP contribution in [0.2, 0.25) is 0 Å². The van der Waals surface area contributed by atoms with Gasteiger partial charge in [-0.2, -0.15) is 4.39 Å². The molecule has 0 N–H and O–H groups in total. The third kappa shape index (κ3) is 5.63. The van der Waals surface area contributed by atoms with Crippen molar-refractivity contribution in [2.24, 2.45) is 0 Å². The van der Waals surface area contributed by atoms with Gasteiger partial charge in [-0.05, 0) is 34.6 Å². The Morgan fingerprint density at radius 3 is 2.59 bits per heavy atom. The number of rotatable bonds is 2. The monoisotopic (exact) mass is 317 g/mol. The molecule has 1 fully saturated rings. The molecule has 7 heteroatoms. The Morgan fingerprint density at radius 1 is 1.41 bits per heavy atom. The second-order valence-corrected chi connectivity index (χ2v) is 6.12. The van der Waals surface area contributed by atoms with Crippen molar-refractivity contribution >= 4 is 12.1 Å². The van der Waals surface area contributed by atoms with Crippen molar-refractivity contribution in [3.8, 4) is 0 Å². The summed E-state index contributed by atoms with van der Waals surface area (Å²) in [6.45, 7) is 8.81. The lowest BCUT2D eigenvalue weighted by atomic mass is 10.2. The highest BCUT2D eigenvalue weighted by Gasteiger charge is 2.29. The van der Waals surface area contributed by atoms with Gasteiger partial charge >= 0.3 is 12.1 Å². The standard InChI is InChI=1S/C15H24FNO5/c1-6-20-13(18)12(16)11-8-17(7-10(2)21-9-11)14(19)22-15(3,4)5/h10H,6-9H2,1-5H3/t10-/m0/s1. The van der Waals surface area contributed by atoms with Crippen LogP contribution in [0.4, 0.5) is 9.18 Å². The van der Waals surface area contributed by atoms with Crippen molar-refractivity contribution in [1.29, 1.82) is 0 Å². The van der Waals surface area contributed by atoms with E-state index in [1.165, 1.54) is 4.90 Å². The summed E-state index contributed by atoms with van der Waals surface area (Å²) in [4.78, 5) is 25.0. The van der Waals surface area contributed by atoms with Crippen molar-refractivity contribution < 1.29 is 28.2 Å². The molecule has 0 aromatic rings. The lowest BCUT2D eigenvalue weighted by Crippen LogP contribution is -2.40. The predicted octanol–water partition coefficient (Wildman–Crippen LogP) is 2.43. The van der Waals surface area contributed by atoms with E-state index in [2.05, 4.69) is 4.74 Å². The second-order valence-electron chi connectivity index (χ2n) is 6.12. The molecule has 0 spiro atoms. The number of amides is 1. The van der Waals surface area contributed by atoms with Crippen molar-refractivity contribution in [3.63, 3.8) is 0 Å². The van der Waals surface area contributed by atoms with E-state index < -0.39 is 23.5 Å². The van der Waals surface area contributed by atoms with Gasteiger partial charge in [0.25, 0.3) is 0 Å². The number of hydrogen-bond acceptors (Lipinski definition) is 5. The van der Waals surface area contributed by atoms with E-state index in [1.807, 2.05) is 0 Å². The Labute approximate surface area is 130 Å². The van der Waals surface area contributed by atoms with Crippen LogP contribution in [0.5, 0.6) is 0 Å². The fourth-order valence-corrected chi connectivity index (χ4v) is 1.88. The van der Waals surface area contributed by atoms with E-state index in [0.717, 1.165) is 0 Å². The normalized spacial score (nSPS) is 21.9. The van der Waals surface area contributed by atoms with Crippen LogP contribution in [0.15, 0.2) is 11.4 Å². The molecule has 1 aliphatic heterocycles. The summed E-state index contributed by atoms with van der Waals surface area (Å²) in [5.74, 6) is -2.05. The van der Waals surface area contributed by atoms with E-state index in [0.29, 0.717) is 0 Å². The van der Waals surface area contributed by atoms with Crippen LogP contribution < -0.4 is 0 Å². The molecule has 0 bridgehead atoms. The zero-order valence-electron chi connectivity index (χ0n) is 13.8. The summed E-state index contributed by atoms with van der Waals surface area (Å²) >= 11 is 0. The Kier molecular flexibility index (Phi) is 6.34. The number of nitrogens with zero attached hydrogens (tertiary/aromatic N) is 1. The summed E-state index contributed by atoms with van der Waals surface area (Å²) in [6, 6.07) is 0. The zero-order valence-corrected chi connectivity index (χ0v) is 13.8. The molecule has 1 amide bonds. The van der Waals surface area contributed by atoms with Crippen molar-refractivity contribution in [1.82, 2.24) is 4.90 Å². The van der Waals surface area contributed by atoms with Crippen molar-refractivity contribution in [2.45, 2.75) is 46.3 Å². The molecule has 0 radical (unpaired) electrons. The van der Waals surface area contributed by atoms with Gasteiger partial charge in [-0.3, -0.25) is 0 Å². The number of carbonyl (C=O) groups excluding carboxylic acids is 2. The van der Waals surface area contributed by atoms with E-state index in [9.17, 15) is 14.0 Å². The van der Waals surface area contributed by atoms with Gasteiger partial charge in [-0.15, -0.1) is 0 Å². The Hall–Kier alpha value is -1.63. The van der Waals surface area contributed by atoms with Crippen LogP contribution >= 0.6 is 0 Å². The van der Waals surface area contributed by atoms with Crippen molar-refractivity contribution in [3.05, 3.63) is 11.4 Å². The molecule has 22 heavy (non-hydrogen) atoms. The maximum Gasteiger partial charge on any atom is 0.410 e. The average Bonchev–Trinajstić information content (AvgIpc) is 2.58. The summed E-state index contributed by atoms with van der Waals surface area (Å²) in [5, 5.41) is 0. The first kappa shape index (κ1) is 18.4. The Balaban J connectivity index is 2.93. The third-order valence-corrected chi connectivity index (χ3v) is 2.82. The fourth-order valence-electron chi connectivity index (χ4n) is 1.88. The predicted molar refractivity (Wildman–Crippen MR) is 78.0 cm³/mol. The number of esters is 1. The molecule has 1 rings (SSSR count). The molecule has 0 aliphatic carbocycles. The molecule has 1 heterocycles. The molecule has 0 aromatic heterocycles. The SMILES string of the molecule is CCOC(=O)C(F)=C1CO[C@@H](C)CN(C(=O)OC(C)(C)C)C1. The lowest BCUT2D eigenvalue weighted by molar-refractivity contribution is -0.140. The smallest absolute Gasteiger partial charge is 0.410 e. The first-order valence-electron chi connectivity index (χ1n) is 7.28. The highest BCUT2D eigenvalue weighted by molar-refractivity contribution is 5.87. The maximum atomic E-state index is 14.1. The highest BCUT2D eigenvalue weighted by Crippen LogP contribution is 2.19. The van der Waals surface area contributed by atoms with Gasteiger partial charge in [0, 0.05) is 5.57 Å². The average molecular weight is 317 g/mol. The molecular weight excluding hydrogens is 293 g/mol.